The summed E-state index contributed by atoms with van der Waals surface area (Å²) >= 11 is 0. The van der Waals surface area contributed by atoms with Crippen molar-refractivity contribution in [1.82, 2.24) is 9.78 Å². The molecule has 6 heteroatoms. The van der Waals surface area contributed by atoms with Crippen LogP contribution in [0.5, 0.6) is 0 Å². The summed E-state index contributed by atoms with van der Waals surface area (Å²) in [6.07, 6.45) is 3.34. The third-order valence-electron chi connectivity index (χ3n) is 3.07. The van der Waals surface area contributed by atoms with Crippen LogP contribution in [0.25, 0.3) is 17.0 Å². The van der Waals surface area contributed by atoms with Crippen molar-refractivity contribution >= 4 is 28.9 Å². The van der Waals surface area contributed by atoms with E-state index < -0.39 is 17.7 Å². The molecule has 6 nitrogen and oxygen atoms in total. The molecule has 0 N–H and O–H groups in total. The van der Waals surface area contributed by atoms with Crippen molar-refractivity contribution in [3.8, 4) is 0 Å². The molecule has 1 fully saturated rings. The number of fused-ring (bicyclic) bond motifs is 1. The second kappa shape index (κ2) is 4.44. The number of hydrogen-bond acceptors (Lipinski definition) is 5. The minimum absolute atomic E-state index is 0.121. The molecule has 2 aromatic rings. The van der Waals surface area contributed by atoms with Crippen molar-refractivity contribution in [3.63, 3.8) is 0 Å². The highest BCUT2D eigenvalue weighted by molar-refractivity contribution is 6.19. The molecule has 0 radical (unpaired) electrons. The Morgan fingerprint density at radius 3 is 2.52 bits per heavy atom. The fourth-order valence-corrected chi connectivity index (χ4v) is 2.19. The van der Waals surface area contributed by atoms with E-state index in [0.717, 1.165) is 10.9 Å². The van der Waals surface area contributed by atoms with Gasteiger partial charge in [-0.15, -0.1) is 0 Å². The molecule has 1 aromatic heterocycles. The fraction of sp³-hybridized carbons (Fsp3) is 0.267. The lowest BCUT2D eigenvalue weighted by Gasteiger charge is -2.29. The molecule has 2 heterocycles. The van der Waals surface area contributed by atoms with Gasteiger partial charge in [-0.05, 0) is 17.7 Å². The molecule has 1 aliphatic rings. The smallest absolute Gasteiger partial charge is 0.348 e. The van der Waals surface area contributed by atoms with Crippen molar-refractivity contribution in [2.45, 2.75) is 19.6 Å². The molecular formula is C15H14N2O4. The minimum Gasteiger partial charge on any atom is -0.419 e. The van der Waals surface area contributed by atoms with Gasteiger partial charge in [0.2, 0.25) is 0 Å². The normalized spacial score (nSPS) is 17.6. The lowest BCUT2D eigenvalue weighted by atomic mass is 10.1. The predicted octanol–water partition coefficient (Wildman–Crippen LogP) is 1.79. The molecule has 0 atom stereocenters. The number of ether oxygens (including phenoxy) is 2. The lowest BCUT2D eigenvalue weighted by molar-refractivity contribution is -0.222. The van der Waals surface area contributed by atoms with Gasteiger partial charge >= 0.3 is 11.9 Å². The monoisotopic (exact) mass is 286 g/mol. The first-order valence-corrected chi connectivity index (χ1v) is 6.46. The van der Waals surface area contributed by atoms with Crippen LogP contribution in [-0.2, 0) is 26.1 Å². The van der Waals surface area contributed by atoms with E-state index in [-0.39, 0.29) is 5.57 Å². The van der Waals surface area contributed by atoms with Crippen LogP contribution in [0.15, 0.2) is 30.0 Å². The Kier molecular flexibility index (Phi) is 2.83. The number of nitrogens with zero attached hydrogens (tertiary/aromatic N) is 2. The number of carbonyl (C=O) groups is 2. The van der Waals surface area contributed by atoms with Crippen LogP contribution in [0.3, 0.4) is 0 Å². The topological polar surface area (TPSA) is 70.4 Å². The zero-order valence-electron chi connectivity index (χ0n) is 11.9. The molecule has 0 aliphatic carbocycles. The summed E-state index contributed by atoms with van der Waals surface area (Å²) in [7, 11) is 1.83. The fourth-order valence-electron chi connectivity index (χ4n) is 2.19. The molecule has 0 amide bonds. The molecule has 21 heavy (non-hydrogen) atoms. The first-order chi connectivity index (χ1) is 9.84. The van der Waals surface area contributed by atoms with Crippen molar-refractivity contribution in [3.05, 3.63) is 35.5 Å². The van der Waals surface area contributed by atoms with Gasteiger partial charge in [0, 0.05) is 32.5 Å². The van der Waals surface area contributed by atoms with E-state index in [0.29, 0.717) is 5.56 Å². The van der Waals surface area contributed by atoms with Crippen LogP contribution >= 0.6 is 0 Å². The number of aromatic nitrogens is 2. The summed E-state index contributed by atoms with van der Waals surface area (Å²) in [4.78, 5) is 23.8. The van der Waals surface area contributed by atoms with E-state index in [9.17, 15) is 9.59 Å². The largest absolute Gasteiger partial charge is 0.419 e. The number of aryl methyl sites for hydroxylation is 1. The number of esters is 2. The molecule has 1 aliphatic heterocycles. The molecule has 1 saturated heterocycles. The average Bonchev–Trinajstić information content (AvgIpc) is 2.72. The Morgan fingerprint density at radius 2 is 1.86 bits per heavy atom. The molecule has 0 spiro atoms. The predicted molar refractivity (Wildman–Crippen MR) is 75.0 cm³/mol. The lowest BCUT2D eigenvalue weighted by Crippen LogP contribution is -2.41. The second-order valence-corrected chi connectivity index (χ2v) is 5.36. The second-order valence-electron chi connectivity index (χ2n) is 5.36. The number of rotatable bonds is 1. The van der Waals surface area contributed by atoms with Crippen molar-refractivity contribution in [2.24, 2.45) is 7.05 Å². The van der Waals surface area contributed by atoms with E-state index in [2.05, 4.69) is 5.10 Å². The Morgan fingerprint density at radius 1 is 1.19 bits per heavy atom. The van der Waals surface area contributed by atoms with E-state index in [1.54, 1.807) is 16.8 Å². The van der Waals surface area contributed by atoms with Gasteiger partial charge in [-0.3, -0.25) is 4.68 Å². The highest BCUT2D eigenvalue weighted by Crippen LogP contribution is 2.25. The number of cyclic esters (lactones) is 2. The maximum atomic E-state index is 11.9. The summed E-state index contributed by atoms with van der Waals surface area (Å²) in [6, 6.07) is 5.47. The first-order valence-electron chi connectivity index (χ1n) is 6.46. The molecule has 0 unspecified atom stereocenters. The molecule has 108 valence electrons. The van der Waals surface area contributed by atoms with Crippen LogP contribution in [0.2, 0.25) is 0 Å². The molecule has 0 bridgehead atoms. The maximum absolute atomic E-state index is 11.9. The number of hydrogen-bond donors (Lipinski definition) is 0. The Labute approximate surface area is 120 Å². The van der Waals surface area contributed by atoms with Crippen molar-refractivity contribution in [2.75, 3.05) is 0 Å². The van der Waals surface area contributed by atoms with Gasteiger partial charge in [0.05, 0.1) is 5.52 Å². The van der Waals surface area contributed by atoms with Gasteiger partial charge in [-0.1, -0.05) is 12.1 Å². The molecule has 0 saturated carbocycles. The highest BCUT2D eigenvalue weighted by atomic mass is 16.7. The van der Waals surface area contributed by atoms with Gasteiger partial charge < -0.3 is 9.47 Å². The Hall–Kier alpha value is -2.63. The van der Waals surface area contributed by atoms with E-state index in [4.69, 9.17) is 9.47 Å². The van der Waals surface area contributed by atoms with Gasteiger partial charge in [-0.25, -0.2) is 9.59 Å². The summed E-state index contributed by atoms with van der Waals surface area (Å²) < 4.78 is 11.8. The molecular weight excluding hydrogens is 272 g/mol. The SMILES string of the molecule is Cn1cc2ccc(C=C3C(=O)OC(C)(C)OC3=O)cc2n1. The highest BCUT2D eigenvalue weighted by Gasteiger charge is 2.38. The number of benzene rings is 1. The van der Waals surface area contributed by atoms with E-state index in [1.807, 2.05) is 19.3 Å². The quantitative estimate of drug-likeness (QED) is 0.454. The third-order valence-corrected chi connectivity index (χ3v) is 3.07. The van der Waals surface area contributed by atoms with Crippen LogP contribution < -0.4 is 0 Å². The zero-order valence-corrected chi connectivity index (χ0v) is 11.9. The van der Waals surface area contributed by atoms with Crippen molar-refractivity contribution < 1.29 is 19.1 Å². The summed E-state index contributed by atoms with van der Waals surface area (Å²) in [5.74, 6) is -2.59. The van der Waals surface area contributed by atoms with Gasteiger partial charge in [0.25, 0.3) is 5.79 Å². The van der Waals surface area contributed by atoms with Crippen LogP contribution in [-0.4, -0.2) is 27.5 Å². The third kappa shape index (κ3) is 2.52. The molecule has 3 rings (SSSR count). The van der Waals surface area contributed by atoms with Crippen LogP contribution in [0, 0.1) is 0 Å². The average molecular weight is 286 g/mol. The summed E-state index contributed by atoms with van der Waals surface area (Å²) in [5, 5.41) is 5.26. The van der Waals surface area contributed by atoms with Crippen LogP contribution in [0.1, 0.15) is 19.4 Å². The van der Waals surface area contributed by atoms with Crippen LogP contribution in [0.4, 0.5) is 0 Å². The van der Waals surface area contributed by atoms with Crippen molar-refractivity contribution in [1.29, 1.82) is 0 Å². The van der Waals surface area contributed by atoms with E-state index >= 15 is 0 Å². The number of carbonyl (C=O) groups excluding carboxylic acids is 2. The Balaban J connectivity index is 1.99. The summed E-state index contributed by atoms with van der Waals surface area (Å²) in [6.45, 7) is 3.03. The van der Waals surface area contributed by atoms with Gasteiger partial charge in [-0.2, -0.15) is 5.10 Å². The standard InChI is InChI=1S/C15H14N2O4/c1-15(2)20-13(18)11(14(19)21-15)6-9-4-5-10-8-17(3)16-12(10)7-9/h4-8H,1-3H3. The minimum atomic E-state index is -1.23. The van der Waals surface area contributed by atoms with Gasteiger partial charge in [0.1, 0.15) is 5.57 Å². The van der Waals surface area contributed by atoms with E-state index in [1.165, 1.54) is 19.9 Å². The maximum Gasteiger partial charge on any atom is 0.348 e. The zero-order chi connectivity index (χ0) is 15.2. The summed E-state index contributed by atoms with van der Waals surface area (Å²) in [5.41, 5.74) is 1.35. The first kappa shape index (κ1) is 13.4. The Bertz CT molecular complexity index is 764. The van der Waals surface area contributed by atoms with Gasteiger partial charge in [0.15, 0.2) is 0 Å². The molecule has 1 aromatic carbocycles.